The van der Waals surface area contributed by atoms with Crippen LogP contribution in [0.1, 0.15) is 16.7 Å². The molecule has 2 aromatic heterocycles. The Balaban J connectivity index is 1.69. The zero-order chi connectivity index (χ0) is 22.0. The summed E-state index contributed by atoms with van der Waals surface area (Å²) in [6.07, 6.45) is 1.81. The van der Waals surface area contributed by atoms with Gasteiger partial charge >= 0.3 is 6.18 Å². The maximum atomic E-state index is 13.2. The van der Waals surface area contributed by atoms with Gasteiger partial charge in [-0.05, 0) is 43.8 Å². The number of halogens is 3. The van der Waals surface area contributed by atoms with Gasteiger partial charge in [0, 0.05) is 35.6 Å². The zero-order valence-electron chi connectivity index (χ0n) is 16.5. The fraction of sp³-hybridized carbons (Fsp3) is 0.238. The van der Waals surface area contributed by atoms with Crippen LogP contribution in [0.25, 0.3) is 11.3 Å². The van der Waals surface area contributed by atoms with Gasteiger partial charge in [-0.3, -0.25) is 4.98 Å². The summed E-state index contributed by atoms with van der Waals surface area (Å²) >= 11 is 5.29. The number of pyridine rings is 1. The third kappa shape index (κ3) is 4.80. The van der Waals surface area contributed by atoms with E-state index >= 15 is 0 Å². The molecular formula is C21H19F3N6S. The molecule has 0 radical (unpaired) electrons. The van der Waals surface area contributed by atoms with Crippen molar-refractivity contribution in [1.82, 2.24) is 20.3 Å². The molecule has 0 atom stereocenters. The second kappa shape index (κ2) is 8.56. The molecule has 0 fully saturated rings. The van der Waals surface area contributed by atoms with Gasteiger partial charge in [-0.15, -0.1) is 0 Å². The van der Waals surface area contributed by atoms with Crippen LogP contribution in [0.2, 0.25) is 0 Å². The summed E-state index contributed by atoms with van der Waals surface area (Å²) in [6, 6.07) is 5.47. The van der Waals surface area contributed by atoms with E-state index in [0.29, 0.717) is 28.6 Å². The molecule has 0 saturated heterocycles. The van der Waals surface area contributed by atoms with Gasteiger partial charge < -0.3 is 16.0 Å². The molecule has 1 aliphatic rings. The van der Waals surface area contributed by atoms with Gasteiger partial charge in [-0.25, -0.2) is 9.97 Å². The minimum absolute atomic E-state index is 0.277. The molecule has 1 aliphatic heterocycles. The van der Waals surface area contributed by atoms with Gasteiger partial charge in [0.05, 0.1) is 28.1 Å². The van der Waals surface area contributed by atoms with E-state index in [1.54, 1.807) is 18.6 Å². The van der Waals surface area contributed by atoms with E-state index in [1.165, 1.54) is 6.07 Å². The molecule has 0 aliphatic carbocycles. The molecule has 10 heteroatoms. The lowest BCUT2D eigenvalue weighted by Crippen LogP contribution is -2.11. The molecule has 4 rings (SSSR count). The highest BCUT2D eigenvalue weighted by Gasteiger charge is 2.32. The van der Waals surface area contributed by atoms with E-state index in [2.05, 4.69) is 30.9 Å². The van der Waals surface area contributed by atoms with Crippen LogP contribution in [-0.2, 0) is 19.0 Å². The summed E-state index contributed by atoms with van der Waals surface area (Å²) < 4.78 is 39.5. The van der Waals surface area contributed by atoms with Crippen molar-refractivity contribution in [3.8, 4) is 11.3 Å². The lowest BCUT2D eigenvalue weighted by atomic mass is 10.0. The summed E-state index contributed by atoms with van der Waals surface area (Å²) in [6.45, 7) is 0.823. The third-order valence-electron chi connectivity index (χ3n) is 4.81. The third-order valence-corrected chi connectivity index (χ3v) is 5.05. The first-order valence-corrected chi connectivity index (χ1v) is 9.97. The van der Waals surface area contributed by atoms with Gasteiger partial charge in [0.2, 0.25) is 5.95 Å². The molecule has 3 heterocycles. The normalized spacial score (nSPS) is 13.1. The average Bonchev–Trinajstić information content (AvgIpc) is 2.86. The maximum Gasteiger partial charge on any atom is 0.416 e. The van der Waals surface area contributed by atoms with E-state index in [1.807, 2.05) is 13.1 Å². The number of rotatable bonds is 5. The number of hydrogen-bond acceptors (Lipinski definition) is 6. The van der Waals surface area contributed by atoms with Crippen molar-refractivity contribution >= 4 is 34.5 Å². The molecule has 6 nitrogen and oxygen atoms in total. The summed E-state index contributed by atoms with van der Waals surface area (Å²) in [5.74, 6) is 0.324. The Bertz CT molecular complexity index is 1130. The van der Waals surface area contributed by atoms with Crippen LogP contribution in [0.4, 0.5) is 30.5 Å². The van der Waals surface area contributed by atoms with Crippen molar-refractivity contribution in [2.24, 2.45) is 0 Å². The van der Waals surface area contributed by atoms with E-state index in [-0.39, 0.29) is 5.69 Å². The van der Waals surface area contributed by atoms with E-state index in [4.69, 9.17) is 12.2 Å². The fourth-order valence-corrected chi connectivity index (χ4v) is 3.58. The fourth-order valence-electron chi connectivity index (χ4n) is 3.32. The van der Waals surface area contributed by atoms with Crippen LogP contribution < -0.4 is 16.0 Å². The number of aromatic nitrogens is 3. The van der Waals surface area contributed by atoms with Crippen LogP contribution in [0, 0.1) is 0 Å². The molecule has 3 N–H and O–H groups in total. The first-order chi connectivity index (χ1) is 14.8. The highest BCUT2D eigenvalue weighted by atomic mass is 32.1. The van der Waals surface area contributed by atoms with Crippen molar-refractivity contribution in [3.63, 3.8) is 0 Å². The summed E-state index contributed by atoms with van der Waals surface area (Å²) in [4.78, 5) is 13.6. The van der Waals surface area contributed by atoms with Crippen molar-refractivity contribution in [2.75, 3.05) is 24.2 Å². The van der Waals surface area contributed by atoms with Gasteiger partial charge in [0.25, 0.3) is 0 Å². The van der Waals surface area contributed by atoms with Crippen molar-refractivity contribution < 1.29 is 13.2 Å². The van der Waals surface area contributed by atoms with Crippen LogP contribution in [0.15, 0.2) is 42.9 Å². The van der Waals surface area contributed by atoms with Crippen LogP contribution >= 0.6 is 12.2 Å². The quantitative estimate of drug-likeness (QED) is 0.505. The van der Waals surface area contributed by atoms with E-state index in [9.17, 15) is 13.2 Å². The largest absolute Gasteiger partial charge is 0.416 e. The Kier molecular flexibility index (Phi) is 5.84. The molecule has 1 aromatic carbocycles. The predicted molar refractivity (Wildman–Crippen MR) is 118 cm³/mol. The van der Waals surface area contributed by atoms with Crippen molar-refractivity contribution in [2.45, 2.75) is 19.0 Å². The summed E-state index contributed by atoms with van der Waals surface area (Å²) in [5, 5.41) is 9.13. The molecule has 31 heavy (non-hydrogen) atoms. The van der Waals surface area contributed by atoms with Gasteiger partial charge in [-0.2, -0.15) is 13.2 Å². The number of fused-ring (bicyclic) bond motifs is 3. The first kappa shape index (κ1) is 21.1. The SMILES string of the molecule is CNCCc1cncc(Nc2ncc3c(n2)-c2ccc(C(F)(F)F)cc2NC(=S)C3)c1. The Morgan fingerprint density at radius 1 is 1.16 bits per heavy atom. The number of likely N-dealkylation sites (N-methyl/N-ethyl adjacent to an activating group) is 1. The van der Waals surface area contributed by atoms with Crippen molar-refractivity contribution in [3.05, 3.63) is 59.5 Å². The Morgan fingerprint density at radius 3 is 2.77 bits per heavy atom. The van der Waals surface area contributed by atoms with Crippen LogP contribution in [0.5, 0.6) is 0 Å². The topological polar surface area (TPSA) is 74.8 Å². The number of nitrogens with zero attached hydrogens (tertiary/aromatic N) is 3. The first-order valence-electron chi connectivity index (χ1n) is 9.56. The molecule has 3 aromatic rings. The minimum atomic E-state index is -4.45. The van der Waals surface area contributed by atoms with Gasteiger partial charge in [-0.1, -0.05) is 18.3 Å². The summed E-state index contributed by atoms with van der Waals surface area (Å²) in [7, 11) is 1.88. The number of thiocarbonyl (C=S) groups is 1. The Morgan fingerprint density at radius 2 is 2.00 bits per heavy atom. The highest BCUT2D eigenvalue weighted by molar-refractivity contribution is 7.80. The van der Waals surface area contributed by atoms with Crippen molar-refractivity contribution in [1.29, 1.82) is 0 Å². The van der Waals surface area contributed by atoms with Gasteiger partial charge in [0.15, 0.2) is 0 Å². The Hall–Kier alpha value is -3.11. The number of hydrogen-bond donors (Lipinski definition) is 3. The molecule has 0 saturated carbocycles. The van der Waals surface area contributed by atoms with Gasteiger partial charge in [0.1, 0.15) is 0 Å². The second-order valence-corrected chi connectivity index (χ2v) is 7.60. The molecular weight excluding hydrogens is 425 g/mol. The van der Waals surface area contributed by atoms with E-state index in [0.717, 1.165) is 41.9 Å². The summed E-state index contributed by atoms with van der Waals surface area (Å²) in [5.41, 5.74) is 3.11. The molecule has 160 valence electrons. The lowest BCUT2D eigenvalue weighted by Gasteiger charge is -2.13. The predicted octanol–water partition coefficient (Wildman–Crippen LogP) is 4.36. The molecule has 0 unspecified atom stereocenters. The molecule has 0 bridgehead atoms. The number of alkyl halides is 3. The highest BCUT2D eigenvalue weighted by Crippen LogP contribution is 2.38. The van der Waals surface area contributed by atoms with Crippen LogP contribution in [-0.4, -0.2) is 33.5 Å². The smallest absolute Gasteiger partial charge is 0.349 e. The van der Waals surface area contributed by atoms with E-state index < -0.39 is 11.7 Å². The number of nitrogens with one attached hydrogen (secondary N) is 3. The molecule has 0 amide bonds. The maximum absolute atomic E-state index is 13.2. The monoisotopic (exact) mass is 444 g/mol. The number of anilines is 3. The second-order valence-electron chi connectivity index (χ2n) is 7.11. The number of benzene rings is 1. The standard InChI is InChI=1S/C21H19F3N6S/c1-25-5-4-12-6-15(11-26-9-12)28-20-27-10-13-7-18(31)29-17-8-14(21(22,23)24)2-3-16(17)19(13)30-20/h2-3,6,8-11,25H,4-5,7H2,1H3,(H,29,31)(H,27,28,30). The minimum Gasteiger partial charge on any atom is -0.349 e. The average molecular weight is 444 g/mol. The molecule has 0 spiro atoms. The van der Waals surface area contributed by atoms with Crippen LogP contribution in [0.3, 0.4) is 0 Å². The zero-order valence-corrected chi connectivity index (χ0v) is 17.4. The lowest BCUT2D eigenvalue weighted by molar-refractivity contribution is -0.137. The Labute approximate surface area is 182 Å².